The molecule has 0 unspecified atom stereocenters. The first-order valence-corrected chi connectivity index (χ1v) is 5.02. The van der Waals surface area contributed by atoms with Crippen molar-refractivity contribution in [2.75, 3.05) is 0 Å². The fourth-order valence-electron chi connectivity index (χ4n) is 1.60. The second-order valence-electron chi connectivity index (χ2n) is 3.47. The molecule has 3 rings (SSSR count). The Morgan fingerprint density at radius 1 is 1.06 bits per heavy atom. The van der Waals surface area contributed by atoms with Gasteiger partial charge < -0.3 is 4.57 Å². The molecule has 0 radical (unpaired) electrons. The molecule has 0 aliphatic carbocycles. The minimum absolute atomic E-state index is 0.910. The van der Waals surface area contributed by atoms with Crippen LogP contribution in [0.15, 0.2) is 55.1 Å². The molecule has 0 atom stereocenters. The molecular weight excluding hydrogens is 200 g/mol. The molecule has 0 aliphatic rings. The first kappa shape index (κ1) is 8.91. The van der Waals surface area contributed by atoms with E-state index in [0.717, 1.165) is 17.1 Å². The summed E-state index contributed by atoms with van der Waals surface area (Å²) >= 11 is 0. The van der Waals surface area contributed by atoms with E-state index in [1.807, 2.05) is 53.5 Å². The molecule has 16 heavy (non-hydrogen) atoms. The second kappa shape index (κ2) is 3.66. The molecule has 0 aromatic carbocycles. The van der Waals surface area contributed by atoms with Crippen molar-refractivity contribution in [1.29, 1.82) is 0 Å². The van der Waals surface area contributed by atoms with Gasteiger partial charge >= 0.3 is 0 Å². The molecule has 0 bridgehead atoms. The van der Waals surface area contributed by atoms with Crippen molar-refractivity contribution < 1.29 is 0 Å². The van der Waals surface area contributed by atoms with E-state index >= 15 is 0 Å². The normalized spacial score (nSPS) is 10.5. The van der Waals surface area contributed by atoms with Crippen molar-refractivity contribution in [3.05, 3.63) is 55.1 Å². The Labute approximate surface area is 92.6 Å². The van der Waals surface area contributed by atoms with Gasteiger partial charge in [-0.25, -0.2) is 4.98 Å². The van der Waals surface area contributed by atoms with Gasteiger partial charge in [0.25, 0.3) is 0 Å². The van der Waals surface area contributed by atoms with Crippen LogP contribution in [0.5, 0.6) is 0 Å². The number of nitrogens with zero attached hydrogens (tertiary/aromatic N) is 3. The highest BCUT2D eigenvalue weighted by Crippen LogP contribution is 2.16. The van der Waals surface area contributed by atoms with Crippen LogP contribution in [0.1, 0.15) is 0 Å². The van der Waals surface area contributed by atoms with Gasteiger partial charge in [-0.1, -0.05) is 0 Å². The summed E-state index contributed by atoms with van der Waals surface area (Å²) in [5.74, 6) is 0.910. The summed E-state index contributed by atoms with van der Waals surface area (Å²) in [6.45, 7) is 0. The lowest BCUT2D eigenvalue weighted by molar-refractivity contribution is 1.01. The number of hydrogen-bond acceptors (Lipinski definition) is 2. The molecule has 3 aromatic heterocycles. The highest BCUT2D eigenvalue weighted by atomic mass is 15.1. The van der Waals surface area contributed by atoms with Crippen molar-refractivity contribution in [2.45, 2.75) is 0 Å². The number of H-pyrrole nitrogens is 1. The molecule has 3 heterocycles. The molecular formula is C12H10N4. The third kappa shape index (κ3) is 1.50. The summed E-state index contributed by atoms with van der Waals surface area (Å²) in [5, 5.41) is 6.82. The van der Waals surface area contributed by atoms with Gasteiger partial charge in [-0.3, -0.25) is 5.10 Å². The third-order valence-corrected chi connectivity index (χ3v) is 2.43. The third-order valence-electron chi connectivity index (χ3n) is 2.43. The van der Waals surface area contributed by atoms with Crippen molar-refractivity contribution >= 4 is 0 Å². The number of aromatic amines is 1. The smallest absolute Gasteiger partial charge is 0.136 e. The van der Waals surface area contributed by atoms with Crippen LogP contribution in [0, 0.1) is 0 Å². The Morgan fingerprint density at radius 2 is 1.94 bits per heavy atom. The Bertz CT molecular complexity index is 496. The van der Waals surface area contributed by atoms with Crippen LogP contribution < -0.4 is 0 Å². The van der Waals surface area contributed by atoms with Crippen molar-refractivity contribution in [1.82, 2.24) is 19.7 Å². The summed E-state index contributed by atoms with van der Waals surface area (Å²) in [4.78, 5) is 4.39. The summed E-state index contributed by atoms with van der Waals surface area (Å²) in [6, 6.07) is 9.88. The van der Waals surface area contributed by atoms with Crippen LogP contribution in [0.2, 0.25) is 0 Å². The molecule has 0 saturated carbocycles. The van der Waals surface area contributed by atoms with Gasteiger partial charge in [0.15, 0.2) is 0 Å². The Hall–Kier alpha value is -2.36. The highest BCUT2D eigenvalue weighted by Gasteiger charge is 2.00. The molecule has 1 N–H and O–H groups in total. The van der Waals surface area contributed by atoms with E-state index in [4.69, 9.17) is 0 Å². The van der Waals surface area contributed by atoms with E-state index < -0.39 is 0 Å². The van der Waals surface area contributed by atoms with E-state index in [2.05, 4.69) is 15.2 Å². The Balaban J connectivity index is 1.97. The van der Waals surface area contributed by atoms with Gasteiger partial charge in [-0.15, -0.1) is 0 Å². The zero-order valence-corrected chi connectivity index (χ0v) is 8.54. The van der Waals surface area contributed by atoms with Gasteiger partial charge in [-0.2, -0.15) is 5.10 Å². The van der Waals surface area contributed by atoms with E-state index in [1.165, 1.54) is 0 Å². The van der Waals surface area contributed by atoms with Gasteiger partial charge in [0.2, 0.25) is 0 Å². The quantitative estimate of drug-likeness (QED) is 0.705. The predicted molar refractivity (Wildman–Crippen MR) is 61.1 cm³/mol. The van der Waals surface area contributed by atoms with Crippen LogP contribution >= 0.6 is 0 Å². The van der Waals surface area contributed by atoms with E-state index in [9.17, 15) is 0 Å². The maximum Gasteiger partial charge on any atom is 0.136 e. The molecule has 3 aromatic rings. The summed E-state index contributed by atoms with van der Waals surface area (Å²) in [5.41, 5.74) is 2.01. The van der Waals surface area contributed by atoms with Crippen LogP contribution in [0.4, 0.5) is 0 Å². The fraction of sp³-hybridized carbons (Fsp3) is 0. The molecule has 0 fully saturated rings. The predicted octanol–water partition coefficient (Wildman–Crippen LogP) is 2.26. The maximum atomic E-state index is 4.39. The first-order valence-electron chi connectivity index (χ1n) is 5.02. The van der Waals surface area contributed by atoms with Crippen molar-refractivity contribution in [2.24, 2.45) is 0 Å². The highest BCUT2D eigenvalue weighted by molar-refractivity contribution is 5.57. The van der Waals surface area contributed by atoms with Crippen LogP contribution in [0.25, 0.3) is 17.1 Å². The standard InChI is InChI=1S/C12H10N4/c1-2-8-16(7-1)12-4-3-10(9-13-12)11-5-6-14-15-11/h1-9H,(H,14,15). The average Bonchev–Trinajstić information content (AvgIpc) is 3.03. The monoisotopic (exact) mass is 210 g/mol. The number of nitrogens with one attached hydrogen (secondary N) is 1. The van der Waals surface area contributed by atoms with Gasteiger partial charge in [0, 0.05) is 30.4 Å². The second-order valence-corrected chi connectivity index (χ2v) is 3.47. The molecule has 4 nitrogen and oxygen atoms in total. The van der Waals surface area contributed by atoms with E-state index in [-0.39, 0.29) is 0 Å². The van der Waals surface area contributed by atoms with Crippen LogP contribution in [-0.4, -0.2) is 19.7 Å². The lowest BCUT2D eigenvalue weighted by atomic mass is 10.2. The fourth-order valence-corrected chi connectivity index (χ4v) is 1.60. The van der Waals surface area contributed by atoms with Crippen LogP contribution in [0.3, 0.4) is 0 Å². The van der Waals surface area contributed by atoms with Crippen LogP contribution in [-0.2, 0) is 0 Å². The SMILES string of the molecule is c1ccn(-c2ccc(-c3ccn[nH]3)cn2)c1. The van der Waals surface area contributed by atoms with Crippen molar-refractivity contribution in [3.8, 4) is 17.1 Å². The zero-order chi connectivity index (χ0) is 10.8. The summed E-state index contributed by atoms with van der Waals surface area (Å²) < 4.78 is 1.97. The number of pyridine rings is 1. The molecule has 0 spiro atoms. The number of rotatable bonds is 2. The van der Waals surface area contributed by atoms with Gasteiger partial charge in [0.05, 0.1) is 5.69 Å². The van der Waals surface area contributed by atoms with Crippen molar-refractivity contribution in [3.63, 3.8) is 0 Å². The largest absolute Gasteiger partial charge is 0.309 e. The molecule has 0 amide bonds. The lowest BCUT2D eigenvalue weighted by Crippen LogP contribution is -1.93. The molecule has 78 valence electrons. The lowest BCUT2D eigenvalue weighted by Gasteiger charge is -2.02. The van der Waals surface area contributed by atoms with Gasteiger partial charge in [-0.05, 0) is 30.3 Å². The minimum Gasteiger partial charge on any atom is -0.309 e. The first-order chi connectivity index (χ1) is 7.93. The van der Waals surface area contributed by atoms with Gasteiger partial charge in [0.1, 0.15) is 5.82 Å². The summed E-state index contributed by atoms with van der Waals surface area (Å²) in [6.07, 6.45) is 7.51. The molecule has 0 aliphatic heterocycles. The maximum absolute atomic E-state index is 4.39. The number of aromatic nitrogens is 4. The van der Waals surface area contributed by atoms with E-state index in [0.29, 0.717) is 0 Å². The van der Waals surface area contributed by atoms with E-state index in [1.54, 1.807) is 6.20 Å². The average molecular weight is 210 g/mol. The minimum atomic E-state index is 0.910. The topological polar surface area (TPSA) is 46.5 Å². The molecule has 4 heteroatoms. The molecule has 0 saturated heterocycles. The Morgan fingerprint density at radius 3 is 2.56 bits per heavy atom. The number of hydrogen-bond donors (Lipinski definition) is 1. The summed E-state index contributed by atoms with van der Waals surface area (Å²) in [7, 11) is 0. The Kier molecular flexibility index (Phi) is 2.04. The zero-order valence-electron chi connectivity index (χ0n) is 8.54.